The molecule has 2 saturated carbocycles. The van der Waals surface area contributed by atoms with E-state index in [1.807, 2.05) is 43.0 Å². The van der Waals surface area contributed by atoms with Crippen LogP contribution in [0.25, 0.3) is 0 Å². The molecule has 2 bridgehead atoms. The number of carbonyl (C=O) groups excluding carboxylic acids is 1. The molecule has 3 rings (SSSR count). The molecule has 2 aliphatic rings. The van der Waals surface area contributed by atoms with Crippen molar-refractivity contribution >= 4 is 28.9 Å². The van der Waals surface area contributed by atoms with Crippen LogP contribution in [0.1, 0.15) is 49.9 Å². The van der Waals surface area contributed by atoms with Crippen LogP contribution in [-0.2, 0) is 0 Å². The van der Waals surface area contributed by atoms with Crippen LogP contribution in [0.2, 0.25) is 0 Å². The number of benzene rings is 1. The van der Waals surface area contributed by atoms with Crippen molar-refractivity contribution in [1.82, 2.24) is 10.2 Å². The number of carbonyl (C=O) groups is 1. The molecule has 2 aliphatic carbocycles. The molecule has 3 atom stereocenters. The molecule has 5 heteroatoms. The summed E-state index contributed by atoms with van der Waals surface area (Å²) in [6, 6.07) is 8.11. The van der Waals surface area contributed by atoms with Gasteiger partial charge in [0.05, 0.1) is 0 Å². The number of anilines is 1. The van der Waals surface area contributed by atoms with Crippen LogP contribution < -0.4 is 10.6 Å². The molecule has 0 radical (unpaired) electrons. The first-order valence-corrected chi connectivity index (χ1v) is 9.48. The van der Waals surface area contributed by atoms with Crippen LogP contribution in [-0.4, -0.2) is 35.1 Å². The molecule has 2 N–H and O–H groups in total. The highest BCUT2D eigenvalue weighted by Crippen LogP contribution is 2.44. The maximum absolute atomic E-state index is 12.3. The van der Waals surface area contributed by atoms with Gasteiger partial charge in [0, 0.05) is 30.4 Å². The molecular formula is C19H27N3OS. The van der Waals surface area contributed by atoms with Crippen molar-refractivity contribution in [3.63, 3.8) is 0 Å². The predicted molar refractivity (Wildman–Crippen MR) is 102 cm³/mol. The van der Waals surface area contributed by atoms with E-state index in [0.29, 0.717) is 11.2 Å². The van der Waals surface area contributed by atoms with Crippen molar-refractivity contribution in [3.8, 4) is 0 Å². The maximum Gasteiger partial charge on any atom is 0.253 e. The zero-order valence-corrected chi connectivity index (χ0v) is 15.4. The van der Waals surface area contributed by atoms with E-state index in [4.69, 9.17) is 12.2 Å². The lowest BCUT2D eigenvalue weighted by Gasteiger charge is -2.24. The van der Waals surface area contributed by atoms with Gasteiger partial charge in [-0.2, -0.15) is 0 Å². The summed E-state index contributed by atoms with van der Waals surface area (Å²) in [6.45, 7) is 5.45. The predicted octanol–water partition coefficient (Wildman–Crippen LogP) is 3.64. The summed E-state index contributed by atoms with van der Waals surface area (Å²) < 4.78 is 0. The quantitative estimate of drug-likeness (QED) is 0.800. The van der Waals surface area contributed by atoms with Crippen LogP contribution >= 0.6 is 12.2 Å². The van der Waals surface area contributed by atoms with Crippen LogP contribution in [0, 0.1) is 11.8 Å². The molecule has 1 aromatic carbocycles. The lowest BCUT2D eigenvalue weighted by Crippen LogP contribution is -2.40. The van der Waals surface area contributed by atoms with E-state index in [9.17, 15) is 4.79 Å². The Morgan fingerprint density at radius 1 is 1.17 bits per heavy atom. The monoisotopic (exact) mass is 345 g/mol. The van der Waals surface area contributed by atoms with E-state index in [1.54, 1.807) is 0 Å². The minimum Gasteiger partial charge on any atom is -0.359 e. The highest BCUT2D eigenvalue weighted by Gasteiger charge is 2.39. The smallest absolute Gasteiger partial charge is 0.253 e. The number of nitrogens with zero attached hydrogens (tertiary/aromatic N) is 1. The molecule has 0 unspecified atom stereocenters. The number of rotatable bonds is 5. The van der Waals surface area contributed by atoms with Gasteiger partial charge < -0.3 is 15.5 Å². The van der Waals surface area contributed by atoms with Gasteiger partial charge in [-0.25, -0.2) is 0 Å². The van der Waals surface area contributed by atoms with Crippen molar-refractivity contribution in [2.75, 3.05) is 18.4 Å². The van der Waals surface area contributed by atoms with E-state index in [-0.39, 0.29) is 5.91 Å². The van der Waals surface area contributed by atoms with Gasteiger partial charge in [-0.3, -0.25) is 4.79 Å². The summed E-state index contributed by atoms with van der Waals surface area (Å²) in [4.78, 5) is 14.1. The largest absolute Gasteiger partial charge is 0.359 e. The van der Waals surface area contributed by atoms with Crippen molar-refractivity contribution in [2.45, 2.75) is 45.6 Å². The van der Waals surface area contributed by atoms with Gasteiger partial charge in [0.1, 0.15) is 0 Å². The average Bonchev–Trinajstić information content (AvgIpc) is 3.19. The number of amides is 1. The molecular weight excluding hydrogens is 318 g/mol. The Morgan fingerprint density at radius 3 is 2.42 bits per heavy atom. The molecule has 0 aliphatic heterocycles. The van der Waals surface area contributed by atoms with E-state index in [2.05, 4.69) is 10.6 Å². The first kappa shape index (κ1) is 17.2. The molecule has 130 valence electrons. The van der Waals surface area contributed by atoms with Crippen molar-refractivity contribution < 1.29 is 4.79 Å². The number of thiocarbonyl (C=S) groups is 1. The molecule has 4 nitrogen and oxygen atoms in total. The van der Waals surface area contributed by atoms with Gasteiger partial charge in [-0.1, -0.05) is 6.42 Å². The van der Waals surface area contributed by atoms with Gasteiger partial charge in [0.15, 0.2) is 5.11 Å². The van der Waals surface area contributed by atoms with Crippen LogP contribution in [0.4, 0.5) is 5.69 Å². The van der Waals surface area contributed by atoms with Gasteiger partial charge in [0.2, 0.25) is 0 Å². The molecule has 1 aromatic rings. The van der Waals surface area contributed by atoms with Gasteiger partial charge in [0.25, 0.3) is 5.91 Å². The fourth-order valence-corrected chi connectivity index (χ4v) is 4.42. The number of hydrogen-bond donors (Lipinski definition) is 2. The number of nitrogens with one attached hydrogen (secondary N) is 2. The summed E-state index contributed by atoms with van der Waals surface area (Å²) in [5.74, 6) is 1.78. The Hall–Kier alpha value is -1.62. The van der Waals surface area contributed by atoms with Crippen LogP contribution in [0.15, 0.2) is 24.3 Å². The van der Waals surface area contributed by atoms with Gasteiger partial charge in [-0.05, 0) is 81.4 Å². The summed E-state index contributed by atoms with van der Waals surface area (Å²) in [5.41, 5.74) is 1.64. The number of hydrogen-bond acceptors (Lipinski definition) is 2. The summed E-state index contributed by atoms with van der Waals surface area (Å²) in [6.07, 6.45) is 5.35. The van der Waals surface area contributed by atoms with Crippen LogP contribution in [0.5, 0.6) is 0 Å². The third-order valence-electron chi connectivity index (χ3n) is 5.49. The van der Waals surface area contributed by atoms with Crippen molar-refractivity contribution in [3.05, 3.63) is 29.8 Å². The summed E-state index contributed by atoms with van der Waals surface area (Å²) in [7, 11) is 0. The normalized spacial score (nSPS) is 24.7. The third-order valence-corrected chi connectivity index (χ3v) is 5.71. The maximum atomic E-state index is 12.3. The van der Waals surface area contributed by atoms with Gasteiger partial charge in [-0.15, -0.1) is 0 Å². The first-order chi connectivity index (χ1) is 11.6. The zero-order chi connectivity index (χ0) is 17.1. The zero-order valence-electron chi connectivity index (χ0n) is 14.5. The topological polar surface area (TPSA) is 44.4 Å². The van der Waals surface area contributed by atoms with Gasteiger partial charge >= 0.3 is 0 Å². The second kappa shape index (κ2) is 7.51. The Labute approximate surface area is 150 Å². The fraction of sp³-hybridized carbons (Fsp3) is 0.579. The van der Waals surface area contributed by atoms with Crippen molar-refractivity contribution in [1.29, 1.82) is 0 Å². The molecule has 1 amide bonds. The minimum absolute atomic E-state index is 0.0780. The SMILES string of the molecule is CCN(CC)C(=O)c1ccc(NC(=S)N[C@@H]2C[C@@H]3CC[C@@H]2C3)cc1. The average molecular weight is 346 g/mol. The highest BCUT2D eigenvalue weighted by molar-refractivity contribution is 7.80. The minimum atomic E-state index is 0.0780. The lowest BCUT2D eigenvalue weighted by atomic mass is 9.96. The Kier molecular flexibility index (Phi) is 5.39. The molecule has 0 saturated heterocycles. The first-order valence-electron chi connectivity index (χ1n) is 9.07. The fourth-order valence-electron chi connectivity index (χ4n) is 4.15. The Morgan fingerprint density at radius 2 is 1.88 bits per heavy atom. The molecule has 0 aromatic heterocycles. The summed E-state index contributed by atoms with van der Waals surface area (Å²) >= 11 is 5.45. The second-order valence-electron chi connectivity index (χ2n) is 6.93. The third kappa shape index (κ3) is 3.72. The standard InChI is InChI=1S/C19H27N3OS/c1-3-22(4-2)18(23)14-7-9-16(10-8-14)20-19(24)21-17-12-13-5-6-15(17)11-13/h7-10,13,15,17H,3-6,11-12H2,1-2H3,(H2,20,21,24)/t13-,15-,17-/m1/s1. The van der Waals surface area contributed by atoms with E-state index >= 15 is 0 Å². The number of fused-ring (bicyclic) bond motifs is 2. The van der Waals surface area contributed by atoms with E-state index < -0.39 is 0 Å². The lowest BCUT2D eigenvalue weighted by molar-refractivity contribution is 0.0773. The highest BCUT2D eigenvalue weighted by atomic mass is 32.1. The molecule has 0 spiro atoms. The van der Waals surface area contributed by atoms with Crippen molar-refractivity contribution in [2.24, 2.45) is 11.8 Å². The second-order valence-corrected chi connectivity index (χ2v) is 7.34. The Balaban J connectivity index is 1.54. The van der Waals surface area contributed by atoms with E-state index in [0.717, 1.165) is 36.2 Å². The van der Waals surface area contributed by atoms with E-state index in [1.165, 1.54) is 25.7 Å². The Bertz CT molecular complexity index is 597. The summed E-state index contributed by atoms with van der Waals surface area (Å²) in [5, 5.41) is 7.42. The molecule has 2 fully saturated rings. The van der Waals surface area contributed by atoms with Crippen LogP contribution in [0.3, 0.4) is 0 Å². The molecule has 0 heterocycles. The molecule has 24 heavy (non-hydrogen) atoms.